The second-order valence-corrected chi connectivity index (χ2v) is 4.60. The molecule has 1 aromatic heterocycles. The van der Waals surface area contributed by atoms with Crippen molar-refractivity contribution in [2.75, 3.05) is 12.4 Å². The minimum Gasteiger partial charge on any atom is -0.497 e. The largest absolute Gasteiger partial charge is 0.497 e. The van der Waals surface area contributed by atoms with Crippen LogP contribution in [0, 0.1) is 6.92 Å². The number of anilines is 2. The summed E-state index contributed by atoms with van der Waals surface area (Å²) in [4.78, 5) is 4.37. The first-order valence-corrected chi connectivity index (χ1v) is 6.67. The molecule has 0 saturated heterocycles. The van der Waals surface area contributed by atoms with Crippen LogP contribution in [0.3, 0.4) is 0 Å². The first-order chi connectivity index (χ1) is 9.24. The van der Waals surface area contributed by atoms with Gasteiger partial charge in [0.2, 0.25) is 5.95 Å². The fourth-order valence-electron chi connectivity index (χ4n) is 1.97. The number of rotatable bonds is 6. The van der Waals surface area contributed by atoms with Crippen molar-refractivity contribution in [3.05, 3.63) is 36.2 Å². The van der Waals surface area contributed by atoms with Crippen LogP contribution in [0.15, 0.2) is 30.6 Å². The smallest absolute Gasteiger partial charge is 0.207 e. The SMILES string of the molecule is CCCCn1ccnc1Nc1ccc(OC)cc1C. The average molecular weight is 259 g/mol. The molecule has 0 atom stereocenters. The zero-order chi connectivity index (χ0) is 13.7. The molecule has 1 heterocycles. The predicted octanol–water partition coefficient (Wildman–Crippen LogP) is 3.74. The summed E-state index contributed by atoms with van der Waals surface area (Å²) in [5, 5.41) is 3.38. The second-order valence-electron chi connectivity index (χ2n) is 4.60. The standard InChI is InChI=1S/C15H21N3O/c1-4-5-9-18-10-8-16-15(18)17-14-7-6-13(19-3)11-12(14)2/h6-8,10-11H,4-5,9H2,1-3H3,(H,16,17). The van der Waals surface area contributed by atoms with Crippen molar-refractivity contribution in [1.29, 1.82) is 0 Å². The van der Waals surface area contributed by atoms with Crippen molar-refractivity contribution in [3.63, 3.8) is 0 Å². The Bertz CT molecular complexity index is 534. The highest BCUT2D eigenvalue weighted by Crippen LogP contribution is 2.24. The fourth-order valence-corrected chi connectivity index (χ4v) is 1.97. The summed E-state index contributed by atoms with van der Waals surface area (Å²) in [5.41, 5.74) is 2.20. The molecule has 0 saturated carbocycles. The van der Waals surface area contributed by atoms with Crippen molar-refractivity contribution in [3.8, 4) is 5.75 Å². The molecule has 2 aromatic rings. The minimum absolute atomic E-state index is 0.873. The van der Waals surface area contributed by atoms with Crippen LogP contribution in [0.1, 0.15) is 25.3 Å². The summed E-state index contributed by atoms with van der Waals surface area (Å²) in [6, 6.07) is 5.99. The summed E-state index contributed by atoms with van der Waals surface area (Å²) in [7, 11) is 1.68. The van der Waals surface area contributed by atoms with E-state index in [-0.39, 0.29) is 0 Å². The lowest BCUT2D eigenvalue weighted by molar-refractivity contribution is 0.414. The van der Waals surface area contributed by atoms with Gasteiger partial charge in [0.25, 0.3) is 0 Å². The molecule has 0 spiro atoms. The monoisotopic (exact) mass is 259 g/mol. The number of nitrogens with zero attached hydrogens (tertiary/aromatic N) is 2. The molecule has 2 rings (SSSR count). The lowest BCUT2D eigenvalue weighted by Crippen LogP contribution is -2.04. The fraction of sp³-hybridized carbons (Fsp3) is 0.400. The number of methoxy groups -OCH3 is 1. The van der Waals surface area contributed by atoms with E-state index in [4.69, 9.17) is 4.74 Å². The van der Waals surface area contributed by atoms with Gasteiger partial charge in [-0.25, -0.2) is 4.98 Å². The van der Waals surface area contributed by atoms with Crippen LogP contribution in [0.2, 0.25) is 0 Å². The molecule has 4 heteroatoms. The third-order valence-electron chi connectivity index (χ3n) is 3.15. The first kappa shape index (κ1) is 13.5. The normalized spacial score (nSPS) is 10.5. The number of nitrogens with one attached hydrogen (secondary N) is 1. The summed E-state index contributed by atoms with van der Waals surface area (Å²) in [5.74, 6) is 1.76. The molecule has 0 aliphatic carbocycles. The number of aromatic nitrogens is 2. The van der Waals surface area contributed by atoms with Crippen LogP contribution in [0.5, 0.6) is 5.75 Å². The van der Waals surface area contributed by atoms with Crippen molar-refractivity contribution < 1.29 is 4.74 Å². The van der Waals surface area contributed by atoms with Gasteiger partial charge in [-0.15, -0.1) is 0 Å². The molecule has 0 aliphatic rings. The maximum absolute atomic E-state index is 5.21. The van der Waals surface area contributed by atoms with Gasteiger partial charge in [-0.2, -0.15) is 0 Å². The van der Waals surface area contributed by atoms with Gasteiger partial charge in [0.1, 0.15) is 5.75 Å². The number of hydrogen-bond donors (Lipinski definition) is 1. The van der Waals surface area contributed by atoms with Crippen LogP contribution < -0.4 is 10.1 Å². The van der Waals surface area contributed by atoms with E-state index in [1.165, 1.54) is 6.42 Å². The summed E-state index contributed by atoms with van der Waals surface area (Å²) in [6.45, 7) is 5.25. The third-order valence-corrected chi connectivity index (χ3v) is 3.15. The molecule has 0 unspecified atom stereocenters. The van der Waals surface area contributed by atoms with Gasteiger partial charge < -0.3 is 14.6 Å². The van der Waals surface area contributed by atoms with Gasteiger partial charge in [-0.1, -0.05) is 13.3 Å². The summed E-state index contributed by atoms with van der Waals surface area (Å²) in [6.07, 6.45) is 6.18. The lowest BCUT2D eigenvalue weighted by Gasteiger charge is -2.12. The quantitative estimate of drug-likeness (QED) is 0.858. The van der Waals surface area contributed by atoms with E-state index in [2.05, 4.69) is 28.7 Å². The van der Waals surface area contributed by atoms with Crippen LogP contribution in [-0.2, 0) is 6.54 Å². The predicted molar refractivity (Wildman–Crippen MR) is 78.1 cm³/mol. The molecule has 0 fully saturated rings. The van der Waals surface area contributed by atoms with Crippen molar-refractivity contribution >= 4 is 11.6 Å². The van der Waals surface area contributed by atoms with Crippen LogP contribution in [0.25, 0.3) is 0 Å². The highest BCUT2D eigenvalue weighted by Gasteiger charge is 2.05. The van der Waals surface area contributed by atoms with Gasteiger partial charge in [0.05, 0.1) is 7.11 Å². The number of ether oxygens (including phenoxy) is 1. The first-order valence-electron chi connectivity index (χ1n) is 6.67. The number of benzene rings is 1. The molecule has 0 amide bonds. The zero-order valence-electron chi connectivity index (χ0n) is 11.8. The van der Waals surface area contributed by atoms with Crippen LogP contribution in [-0.4, -0.2) is 16.7 Å². The number of unbranched alkanes of at least 4 members (excludes halogenated alkanes) is 1. The Kier molecular flexibility index (Phi) is 4.44. The second kappa shape index (κ2) is 6.27. The maximum atomic E-state index is 5.21. The Morgan fingerprint density at radius 1 is 1.37 bits per heavy atom. The third kappa shape index (κ3) is 3.28. The van der Waals surface area contributed by atoms with E-state index in [9.17, 15) is 0 Å². The highest BCUT2D eigenvalue weighted by molar-refractivity contribution is 5.60. The van der Waals surface area contributed by atoms with Crippen LogP contribution >= 0.6 is 0 Å². The Morgan fingerprint density at radius 3 is 2.89 bits per heavy atom. The molecule has 1 aromatic carbocycles. The summed E-state index contributed by atoms with van der Waals surface area (Å²) < 4.78 is 7.36. The van der Waals surface area contributed by atoms with Gasteiger partial charge in [-0.05, 0) is 37.1 Å². The molecule has 0 aliphatic heterocycles. The number of aryl methyl sites for hydroxylation is 2. The van der Waals surface area contributed by atoms with E-state index in [0.717, 1.165) is 35.9 Å². The number of hydrogen-bond acceptors (Lipinski definition) is 3. The van der Waals surface area contributed by atoms with E-state index < -0.39 is 0 Å². The zero-order valence-corrected chi connectivity index (χ0v) is 11.8. The van der Waals surface area contributed by atoms with Crippen molar-refractivity contribution in [1.82, 2.24) is 9.55 Å². The van der Waals surface area contributed by atoms with E-state index in [1.807, 2.05) is 30.6 Å². The van der Waals surface area contributed by atoms with Gasteiger partial charge >= 0.3 is 0 Å². The van der Waals surface area contributed by atoms with Gasteiger partial charge in [0.15, 0.2) is 0 Å². The van der Waals surface area contributed by atoms with E-state index >= 15 is 0 Å². The molecule has 4 nitrogen and oxygen atoms in total. The van der Waals surface area contributed by atoms with Gasteiger partial charge in [0, 0.05) is 24.6 Å². The van der Waals surface area contributed by atoms with Gasteiger partial charge in [-0.3, -0.25) is 0 Å². The molecule has 102 valence electrons. The highest BCUT2D eigenvalue weighted by atomic mass is 16.5. The van der Waals surface area contributed by atoms with Crippen molar-refractivity contribution in [2.45, 2.75) is 33.2 Å². The molecule has 0 radical (unpaired) electrons. The van der Waals surface area contributed by atoms with E-state index in [1.54, 1.807) is 7.11 Å². The Labute approximate surface area is 114 Å². The molecular weight excluding hydrogens is 238 g/mol. The minimum atomic E-state index is 0.873. The molecule has 1 N–H and O–H groups in total. The topological polar surface area (TPSA) is 39.1 Å². The van der Waals surface area contributed by atoms with Crippen LogP contribution in [0.4, 0.5) is 11.6 Å². The van der Waals surface area contributed by atoms with Crippen molar-refractivity contribution in [2.24, 2.45) is 0 Å². The summed E-state index contributed by atoms with van der Waals surface area (Å²) >= 11 is 0. The average Bonchev–Trinajstić information content (AvgIpc) is 2.86. The molecule has 19 heavy (non-hydrogen) atoms. The lowest BCUT2D eigenvalue weighted by atomic mass is 10.2. The number of imidazole rings is 1. The van der Waals surface area contributed by atoms with E-state index in [0.29, 0.717) is 0 Å². The Hall–Kier alpha value is -1.97. The Balaban J connectivity index is 2.14. The Morgan fingerprint density at radius 2 is 2.21 bits per heavy atom. The molecular formula is C15H21N3O. The maximum Gasteiger partial charge on any atom is 0.207 e. The molecule has 0 bridgehead atoms.